The first-order valence-corrected chi connectivity index (χ1v) is 9.46. The summed E-state index contributed by atoms with van der Waals surface area (Å²) in [5.41, 5.74) is -2.52. The molecule has 1 saturated heterocycles. The number of ether oxygens (including phenoxy) is 1. The first kappa shape index (κ1) is 17.1. The van der Waals surface area contributed by atoms with Gasteiger partial charge < -0.3 is 14.9 Å². The Morgan fingerprint density at radius 2 is 1.84 bits per heavy atom. The highest BCUT2D eigenvalue weighted by atomic mass is 16.6. The minimum atomic E-state index is -1.15. The molecule has 4 fully saturated rings. The number of fused-ring (bicyclic) bond motifs is 3. The maximum atomic E-state index is 12.4. The Morgan fingerprint density at radius 1 is 1.16 bits per heavy atom. The minimum Gasteiger partial charge on any atom is -0.481 e. The van der Waals surface area contributed by atoms with Gasteiger partial charge in [-0.2, -0.15) is 0 Å². The van der Waals surface area contributed by atoms with Gasteiger partial charge in [0.2, 0.25) is 0 Å². The fourth-order valence-electron chi connectivity index (χ4n) is 7.02. The predicted octanol–water partition coefficient (Wildman–Crippen LogP) is 3.06. The van der Waals surface area contributed by atoms with Gasteiger partial charge in [0.25, 0.3) is 0 Å². The van der Waals surface area contributed by atoms with E-state index in [2.05, 4.69) is 13.5 Å². The van der Waals surface area contributed by atoms with Gasteiger partial charge in [-0.15, -0.1) is 0 Å². The van der Waals surface area contributed by atoms with E-state index in [1.54, 1.807) is 0 Å². The number of rotatable bonds is 1. The maximum Gasteiger partial charge on any atom is 0.336 e. The Hall–Kier alpha value is -1.36. The number of hydrogen-bond acceptors (Lipinski definition) is 4. The van der Waals surface area contributed by atoms with Gasteiger partial charge in [0.05, 0.1) is 16.6 Å². The van der Waals surface area contributed by atoms with Crippen LogP contribution in [0.2, 0.25) is 0 Å². The van der Waals surface area contributed by atoms with E-state index in [4.69, 9.17) is 4.74 Å². The van der Waals surface area contributed by atoms with E-state index < -0.39 is 28.6 Å². The SMILES string of the molecule is C=C1C(=O)O[C@@]23CC[C@H]4[C@@](C)(CCC[C@@]4(C)C(=O)O)[C@@H]2CC[C@@]1(O)C3. The quantitative estimate of drug-likeness (QED) is 0.562. The van der Waals surface area contributed by atoms with Crippen LogP contribution in [0.5, 0.6) is 0 Å². The molecule has 6 atom stereocenters. The first-order chi connectivity index (χ1) is 11.6. The van der Waals surface area contributed by atoms with Crippen molar-refractivity contribution in [2.45, 2.75) is 76.4 Å². The second-order valence-electron chi connectivity index (χ2n) is 9.41. The van der Waals surface area contributed by atoms with Crippen molar-refractivity contribution < 1.29 is 24.5 Å². The van der Waals surface area contributed by atoms with E-state index in [9.17, 15) is 19.8 Å². The third-order valence-corrected chi connectivity index (χ3v) is 8.29. The van der Waals surface area contributed by atoms with E-state index in [0.717, 1.165) is 25.7 Å². The van der Waals surface area contributed by atoms with Crippen molar-refractivity contribution in [2.24, 2.45) is 22.7 Å². The van der Waals surface area contributed by atoms with Gasteiger partial charge in [0.1, 0.15) is 5.60 Å². The molecule has 0 radical (unpaired) electrons. The smallest absolute Gasteiger partial charge is 0.336 e. The summed E-state index contributed by atoms with van der Waals surface area (Å²) in [7, 11) is 0. The van der Waals surface area contributed by atoms with Gasteiger partial charge >= 0.3 is 11.9 Å². The summed E-state index contributed by atoms with van der Waals surface area (Å²) in [6, 6.07) is 0. The lowest BCUT2D eigenvalue weighted by Gasteiger charge is -2.66. The summed E-state index contributed by atoms with van der Waals surface area (Å²) >= 11 is 0. The van der Waals surface area contributed by atoms with Crippen molar-refractivity contribution in [2.75, 3.05) is 0 Å². The topological polar surface area (TPSA) is 83.8 Å². The van der Waals surface area contributed by atoms with Crippen molar-refractivity contribution in [1.82, 2.24) is 0 Å². The largest absolute Gasteiger partial charge is 0.481 e. The second-order valence-corrected chi connectivity index (χ2v) is 9.41. The van der Waals surface area contributed by atoms with Crippen LogP contribution in [0.15, 0.2) is 12.2 Å². The Balaban J connectivity index is 1.76. The van der Waals surface area contributed by atoms with E-state index in [1.807, 2.05) is 6.92 Å². The molecule has 5 heteroatoms. The van der Waals surface area contributed by atoms with Crippen molar-refractivity contribution in [1.29, 1.82) is 0 Å². The number of carboxylic acid groups (broad SMARTS) is 1. The number of esters is 1. The molecule has 0 aromatic carbocycles. The molecule has 0 unspecified atom stereocenters. The van der Waals surface area contributed by atoms with E-state index in [-0.39, 0.29) is 22.8 Å². The fourth-order valence-corrected chi connectivity index (χ4v) is 7.02. The molecule has 2 bridgehead atoms. The molecule has 4 aliphatic rings. The number of carbonyl (C=O) groups is 2. The number of hydrogen-bond donors (Lipinski definition) is 2. The van der Waals surface area contributed by atoms with Crippen LogP contribution in [0.1, 0.15) is 65.2 Å². The second kappa shape index (κ2) is 4.87. The Kier molecular flexibility index (Phi) is 3.33. The average Bonchev–Trinajstić information content (AvgIpc) is 2.52. The molecule has 1 aliphatic heterocycles. The molecule has 0 aromatic rings. The predicted molar refractivity (Wildman–Crippen MR) is 90.7 cm³/mol. The highest BCUT2D eigenvalue weighted by molar-refractivity contribution is 5.91. The van der Waals surface area contributed by atoms with Crippen LogP contribution in [-0.2, 0) is 14.3 Å². The van der Waals surface area contributed by atoms with Gasteiger partial charge in [-0.1, -0.05) is 19.9 Å². The summed E-state index contributed by atoms with van der Waals surface area (Å²) in [4.78, 5) is 24.4. The lowest BCUT2D eigenvalue weighted by Crippen LogP contribution is -2.68. The fraction of sp³-hybridized carbons (Fsp3) is 0.800. The van der Waals surface area contributed by atoms with Crippen LogP contribution < -0.4 is 0 Å². The van der Waals surface area contributed by atoms with Crippen LogP contribution in [0.25, 0.3) is 0 Å². The molecule has 3 saturated carbocycles. The van der Waals surface area contributed by atoms with E-state index >= 15 is 0 Å². The van der Waals surface area contributed by atoms with Gasteiger partial charge in [0.15, 0.2) is 0 Å². The number of aliphatic hydroxyl groups is 1. The molecule has 1 spiro atoms. The Morgan fingerprint density at radius 3 is 2.52 bits per heavy atom. The summed E-state index contributed by atoms with van der Waals surface area (Å²) in [6.45, 7) is 7.86. The van der Waals surface area contributed by atoms with Crippen molar-refractivity contribution in [3.63, 3.8) is 0 Å². The molecular formula is C20H28O5. The number of carboxylic acids is 1. The Bertz CT molecular complexity index is 671. The zero-order chi connectivity index (χ0) is 18.3. The van der Waals surface area contributed by atoms with E-state index in [1.165, 1.54) is 0 Å². The molecule has 4 rings (SSSR count). The van der Waals surface area contributed by atoms with Gasteiger partial charge in [-0.25, -0.2) is 4.79 Å². The summed E-state index contributed by atoms with van der Waals surface area (Å²) in [5.74, 6) is -0.995. The molecule has 0 amide bonds. The van der Waals surface area contributed by atoms with Gasteiger partial charge in [0, 0.05) is 12.3 Å². The number of carbonyl (C=O) groups excluding carboxylic acids is 1. The van der Waals surface area contributed by atoms with Crippen molar-refractivity contribution in [3.05, 3.63) is 12.2 Å². The highest BCUT2D eigenvalue weighted by Gasteiger charge is 2.68. The summed E-state index contributed by atoms with van der Waals surface area (Å²) in [6.07, 6.45) is 5.61. The molecule has 2 N–H and O–H groups in total. The number of aliphatic carboxylic acids is 1. The normalized spacial score (nSPS) is 52.0. The summed E-state index contributed by atoms with van der Waals surface area (Å²) in [5, 5.41) is 20.9. The lowest BCUT2D eigenvalue weighted by molar-refractivity contribution is -0.247. The zero-order valence-electron chi connectivity index (χ0n) is 15.1. The van der Waals surface area contributed by atoms with Crippen LogP contribution in [0, 0.1) is 22.7 Å². The third-order valence-electron chi connectivity index (χ3n) is 8.29. The minimum absolute atomic E-state index is 0.0805. The highest BCUT2D eigenvalue weighted by Crippen LogP contribution is 2.67. The molecular weight excluding hydrogens is 320 g/mol. The summed E-state index contributed by atoms with van der Waals surface area (Å²) < 4.78 is 5.92. The van der Waals surface area contributed by atoms with Crippen molar-refractivity contribution in [3.8, 4) is 0 Å². The van der Waals surface area contributed by atoms with Crippen LogP contribution in [0.3, 0.4) is 0 Å². The average molecular weight is 348 g/mol. The molecule has 0 aromatic heterocycles. The molecule has 25 heavy (non-hydrogen) atoms. The molecule has 5 nitrogen and oxygen atoms in total. The Labute approximate surface area is 148 Å². The van der Waals surface area contributed by atoms with Gasteiger partial charge in [-0.05, 0) is 56.8 Å². The van der Waals surface area contributed by atoms with Gasteiger partial charge in [-0.3, -0.25) is 4.79 Å². The standard InChI is InChI=1S/C20H28O5/c1-12-15(21)25-20-10-6-13-17(2,7-4-8-18(13,3)16(22)23)14(20)5-9-19(12,24)11-20/h13-14,24H,1,4-11H2,2-3H3,(H,22,23)/t13-,14-,17+,18+,19+,20+/m0/s1. The monoisotopic (exact) mass is 348 g/mol. The molecule has 138 valence electrons. The molecule has 1 heterocycles. The molecule has 3 aliphatic carbocycles. The van der Waals surface area contributed by atoms with E-state index in [0.29, 0.717) is 25.7 Å². The van der Waals surface area contributed by atoms with Crippen LogP contribution in [0.4, 0.5) is 0 Å². The third kappa shape index (κ3) is 1.99. The van der Waals surface area contributed by atoms with Crippen LogP contribution >= 0.6 is 0 Å². The zero-order valence-corrected chi connectivity index (χ0v) is 15.1. The van der Waals surface area contributed by atoms with Crippen LogP contribution in [-0.4, -0.2) is 33.4 Å². The lowest BCUT2D eigenvalue weighted by atomic mass is 9.42. The first-order valence-electron chi connectivity index (χ1n) is 9.46. The van der Waals surface area contributed by atoms with Crippen molar-refractivity contribution >= 4 is 11.9 Å². The maximum absolute atomic E-state index is 12.4.